The number of methoxy groups -OCH3 is 1. The molecule has 4 nitrogen and oxygen atoms in total. The van der Waals surface area contributed by atoms with Crippen LogP contribution in [0.5, 0.6) is 0 Å². The first kappa shape index (κ1) is 15.0. The van der Waals surface area contributed by atoms with Crippen LogP contribution in [0.25, 0.3) is 0 Å². The Bertz CT molecular complexity index is 422. The summed E-state index contributed by atoms with van der Waals surface area (Å²) in [6.45, 7) is 2.85. The number of benzene rings is 1. The molecular weight excluding hydrogens is 252 g/mol. The molecule has 1 aliphatic rings. The molecule has 3 unspecified atom stereocenters. The summed E-state index contributed by atoms with van der Waals surface area (Å²) in [6.07, 6.45) is 3.03. The minimum atomic E-state index is -0.530. The lowest BCUT2D eigenvalue weighted by molar-refractivity contribution is -0.131. The highest BCUT2D eigenvalue weighted by Crippen LogP contribution is 2.16. The molecule has 2 rings (SSSR count). The number of rotatable bonds is 5. The maximum absolute atomic E-state index is 12.2. The monoisotopic (exact) mass is 276 g/mol. The molecule has 0 aliphatic carbocycles. The Morgan fingerprint density at radius 1 is 1.40 bits per heavy atom. The van der Waals surface area contributed by atoms with Crippen molar-refractivity contribution in [3.63, 3.8) is 0 Å². The van der Waals surface area contributed by atoms with E-state index in [0.717, 1.165) is 12.0 Å². The predicted octanol–water partition coefficient (Wildman–Crippen LogP) is 2.02. The molecule has 4 heteroatoms. The quantitative estimate of drug-likeness (QED) is 0.865. The molecule has 1 fully saturated rings. The normalized spacial score (nSPS) is 24.1. The van der Waals surface area contributed by atoms with Gasteiger partial charge in [-0.25, -0.2) is 0 Å². The summed E-state index contributed by atoms with van der Waals surface area (Å²) in [5.41, 5.74) is 0.887. The molecule has 20 heavy (non-hydrogen) atoms. The average molecular weight is 276 g/mol. The van der Waals surface area contributed by atoms with Crippen LogP contribution < -0.4 is 10.6 Å². The second kappa shape index (κ2) is 7.41. The fourth-order valence-electron chi connectivity index (χ4n) is 2.74. The van der Waals surface area contributed by atoms with Gasteiger partial charge in [-0.3, -0.25) is 4.79 Å². The third kappa shape index (κ3) is 4.05. The number of hydrogen-bond acceptors (Lipinski definition) is 3. The third-order valence-electron chi connectivity index (χ3n) is 3.81. The van der Waals surface area contributed by atoms with Crippen LogP contribution in [0.15, 0.2) is 30.3 Å². The van der Waals surface area contributed by atoms with Crippen molar-refractivity contribution in [1.29, 1.82) is 0 Å². The van der Waals surface area contributed by atoms with E-state index >= 15 is 0 Å². The van der Waals surface area contributed by atoms with Crippen LogP contribution in [0.1, 0.15) is 37.9 Å². The number of carbonyl (C=O) groups is 1. The Kier molecular flexibility index (Phi) is 5.56. The van der Waals surface area contributed by atoms with Gasteiger partial charge in [-0.1, -0.05) is 36.8 Å². The second-order valence-corrected chi connectivity index (χ2v) is 5.47. The van der Waals surface area contributed by atoms with Crippen molar-refractivity contribution < 1.29 is 9.53 Å². The van der Waals surface area contributed by atoms with Crippen molar-refractivity contribution in [3.8, 4) is 0 Å². The van der Waals surface area contributed by atoms with Crippen molar-refractivity contribution in [2.45, 2.75) is 44.4 Å². The van der Waals surface area contributed by atoms with E-state index < -0.39 is 6.10 Å². The molecule has 1 heterocycles. The molecule has 0 aromatic heterocycles. The zero-order chi connectivity index (χ0) is 14.4. The molecule has 1 aromatic rings. The van der Waals surface area contributed by atoms with Crippen molar-refractivity contribution in [2.24, 2.45) is 0 Å². The molecule has 1 aromatic carbocycles. The zero-order valence-electron chi connectivity index (χ0n) is 12.3. The van der Waals surface area contributed by atoms with Crippen LogP contribution in [-0.4, -0.2) is 31.6 Å². The van der Waals surface area contributed by atoms with Gasteiger partial charge in [0.2, 0.25) is 0 Å². The minimum absolute atomic E-state index is 0.0706. The van der Waals surface area contributed by atoms with E-state index in [2.05, 4.69) is 17.6 Å². The molecule has 0 saturated carbocycles. The van der Waals surface area contributed by atoms with Crippen LogP contribution >= 0.6 is 0 Å². The average Bonchev–Trinajstić information content (AvgIpc) is 2.47. The van der Waals surface area contributed by atoms with Gasteiger partial charge in [0.05, 0.1) is 0 Å². The highest BCUT2D eigenvalue weighted by Gasteiger charge is 2.22. The fourth-order valence-corrected chi connectivity index (χ4v) is 2.74. The van der Waals surface area contributed by atoms with Gasteiger partial charge in [0.15, 0.2) is 6.10 Å². The topological polar surface area (TPSA) is 50.4 Å². The lowest BCUT2D eigenvalue weighted by Gasteiger charge is -2.29. The van der Waals surface area contributed by atoms with Crippen LogP contribution in [0, 0.1) is 0 Å². The molecule has 0 spiro atoms. The molecule has 2 N–H and O–H groups in total. The molecule has 110 valence electrons. The van der Waals surface area contributed by atoms with E-state index in [-0.39, 0.29) is 5.91 Å². The van der Waals surface area contributed by atoms with Crippen molar-refractivity contribution >= 4 is 5.91 Å². The summed E-state index contributed by atoms with van der Waals surface area (Å²) >= 11 is 0. The SMILES string of the molecule is COC(C(=O)NCC1CCCC(C)N1)c1ccccc1. The molecule has 1 aliphatic heterocycles. The summed E-state index contributed by atoms with van der Waals surface area (Å²) in [6, 6.07) is 10.5. The maximum atomic E-state index is 12.2. The first-order valence-electron chi connectivity index (χ1n) is 7.32. The first-order chi connectivity index (χ1) is 9.70. The van der Waals surface area contributed by atoms with Gasteiger partial charge in [0.25, 0.3) is 5.91 Å². The van der Waals surface area contributed by atoms with Crippen molar-refractivity contribution in [3.05, 3.63) is 35.9 Å². The molecule has 3 atom stereocenters. The summed E-state index contributed by atoms with van der Waals surface area (Å²) < 4.78 is 5.33. The van der Waals surface area contributed by atoms with E-state index in [1.54, 1.807) is 7.11 Å². The number of hydrogen-bond donors (Lipinski definition) is 2. The van der Waals surface area contributed by atoms with Gasteiger partial charge >= 0.3 is 0 Å². The number of ether oxygens (including phenoxy) is 1. The van der Waals surface area contributed by atoms with Gasteiger partial charge < -0.3 is 15.4 Å². The number of nitrogens with one attached hydrogen (secondary N) is 2. The number of carbonyl (C=O) groups excluding carboxylic acids is 1. The Morgan fingerprint density at radius 3 is 2.80 bits per heavy atom. The largest absolute Gasteiger partial charge is 0.367 e. The highest BCUT2D eigenvalue weighted by molar-refractivity contribution is 5.82. The second-order valence-electron chi connectivity index (χ2n) is 5.47. The van der Waals surface area contributed by atoms with Gasteiger partial charge in [0.1, 0.15) is 0 Å². The fraction of sp³-hybridized carbons (Fsp3) is 0.562. The van der Waals surface area contributed by atoms with Gasteiger partial charge in [0, 0.05) is 25.7 Å². The van der Waals surface area contributed by atoms with Crippen LogP contribution in [0.4, 0.5) is 0 Å². The summed E-state index contributed by atoms with van der Waals surface area (Å²) in [7, 11) is 1.57. The Morgan fingerprint density at radius 2 is 2.15 bits per heavy atom. The first-order valence-corrected chi connectivity index (χ1v) is 7.32. The summed E-state index contributed by atoms with van der Waals surface area (Å²) in [5.74, 6) is -0.0706. The van der Waals surface area contributed by atoms with Crippen LogP contribution in [-0.2, 0) is 9.53 Å². The van der Waals surface area contributed by atoms with E-state index in [0.29, 0.717) is 18.6 Å². The van der Waals surface area contributed by atoms with E-state index in [1.165, 1.54) is 12.8 Å². The number of amides is 1. The van der Waals surface area contributed by atoms with Gasteiger partial charge in [-0.15, -0.1) is 0 Å². The molecule has 0 radical (unpaired) electrons. The highest BCUT2D eigenvalue weighted by atomic mass is 16.5. The Labute approximate surface area is 120 Å². The Hall–Kier alpha value is -1.39. The smallest absolute Gasteiger partial charge is 0.253 e. The van der Waals surface area contributed by atoms with Crippen LogP contribution in [0.3, 0.4) is 0 Å². The van der Waals surface area contributed by atoms with E-state index in [9.17, 15) is 4.79 Å². The van der Waals surface area contributed by atoms with Crippen molar-refractivity contribution in [2.75, 3.05) is 13.7 Å². The lowest BCUT2D eigenvalue weighted by Crippen LogP contribution is -2.48. The zero-order valence-corrected chi connectivity index (χ0v) is 12.3. The van der Waals surface area contributed by atoms with E-state index in [4.69, 9.17) is 4.74 Å². The summed E-state index contributed by atoms with van der Waals surface area (Å²) in [5, 5.41) is 6.51. The predicted molar refractivity (Wildman–Crippen MR) is 79.4 cm³/mol. The van der Waals surface area contributed by atoms with Gasteiger partial charge in [-0.2, -0.15) is 0 Å². The molecular formula is C16H24N2O2. The maximum Gasteiger partial charge on any atom is 0.253 e. The van der Waals surface area contributed by atoms with Gasteiger partial charge in [-0.05, 0) is 25.3 Å². The number of piperidine rings is 1. The summed E-state index contributed by atoms with van der Waals surface area (Å²) in [4.78, 5) is 12.2. The standard InChI is InChI=1S/C16H24N2O2/c1-12-7-6-10-14(18-12)11-17-16(19)15(20-2)13-8-4-3-5-9-13/h3-5,8-9,12,14-15,18H,6-7,10-11H2,1-2H3,(H,17,19). The van der Waals surface area contributed by atoms with Crippen molar-refractivity contribution in [1.82, 2.24) is 10.6 Å². The molecule has 1 saturated heterocycles. The minimum Gasteiger partial charge on any atom is -0.367 e. The Balaban J connectivity index is 1.87. The molecule has 1 amide bonds. The van der Waals surface area contributed by atoms with Crippen LogP contribution in [0.2, 0.25) is 0 Å². The third-order valence-corrected chi connectivity index (χ3v) is 3.81. The molecule has 0 bridgehead atoms. The lowest BCUT2D eigenvalue weighted by atomic mass is 9.99. The van der Waals surface area contributed by atoms with E-state index in [1.807, 2.05) is 30.3 Å².